The SMILES string of the molecule is Cc1cccn2cc(CN3CCN(C(=O)C=Cc4ccccc4F)CCC3=O)nc12. The lowest BCUT2D eigenvalue weighted by Crippen LogP contribution is -2.34. The largest absolute Gasteiger partial charge is 0.337 e. The molecule has 1 fully saturated rings. The van der Waals surface area contributed by atoms with E-state index in [1.807, 2.05) is 35.9 Å². The Kier molecular flexibility index (Phi) is 5.61. The van der Waals surface area contributed by atoms with Crippen LogP contribution in [0.3, 0.4) is 0 Å². The molecule has 3 aromatic rings. The summed E-state index contributed by atoms with van der Waals surface area (Å²) in [5.41, 5.74) is 3.13. The summed E-state index contributed by atoms with van der Waals surface area (Å²) in [6.07, 6.45) is 6.96. The highest BCUT2D eigenvalue weighted by atomic mass is 19.1. The van der Waals surface area contributed by atoms with Gasteiger partial charge in [0.25, 0.3) is 0 Å². The number of nitrogens with zero attached hydrogens (tertiary/aromatic N) is 4. The summed E-state index contributed by atoms with van der Waals surface area (Å²) in [4.78, 5) is 33.1. The fourth-order valence-corrected chi connectivity index (χ4v) is 3.61. The van der Waals surface area contributed by atoms with Gasteiger partial charge in [0.15, 0.2) is 0 Å². The van der Waals surface area contributed by atoms with Crippen LogP contribution in [0.5, 0.6) is 0 Å². The second kappa shape index (κ2) is 8.49. The molecule has 0 aliphatic carbocycles. The molecule has 0 unspecified atom stereocenters. The maximum atomic E-state index is 13.7. The maximum Gasteiger partial charge on any atom is 0.246 e. The number of benzene rings is 1. The maximum absolute atomic E-state index is 13.7. The number of aryl methyl sites for hydroxylation is 1. The Bertz CT molecular complexity index is 1120. The quantitative estimate of drug-likeness (QED) is 0.626. The number of rotatable bonds is 4. The molecule has 1 aliphatic rings. The average molecular weight is 406 g/mol. The van der Waals surface area contributed by atoms with Crippen molar-refractivity contribution in [3.8, 4) is 0 Å². The van der Waals surface area contributed by atoms with E-state index in [0.29, 0.717) is 31.7 Å². The van der Waals surface area contributed by atoms with Crippen LogP contribution in [0.4, 0.5) is 4.39 Å². The minimum Gasteiger partial charge on any atom is -0.337 e. The summed E-state index contributed by atoms with van der Waals surface area (Å²) in [6, 6.07) is 10.3. The number of carbonyl (C=O) groups excluding carboxylic acids is 2. The molecular weight excluding hydrogens is 383 g/mol. The molecule has 2 aromatic heterocycles. The Hall–Kier alpha value is -3.48. The van der Waals surface area contributed by atoms with Gasteiger partial charge in [0.05, 0.1) is 12.2 Å². The van der Waals surface area contributed by atoms with Crippen molar-refractivity contribution >= 4 is 23.5 Å². The van der Waals surface area contributed by atoms with Gasteiger partial charge >= 0.3 is 0 Å². The first-order valence-corrected chi connectivity index (χ1v) is 9.94. The van der Waals surface area contributed by atoms with Crippen LogP contribution in [0.2, 0.25) is 0 Å². The first-order chi connectivity index (χ1) is 14.5. The predicted octanol–water partition coefficient (Wildman–Crippen LogP) is 3.06. The number of imidazole rings is 1. The molecule has 0 bridgehead atoms. The molecule has 1 aliphatic heterocycles. The third-order valence-corrected chi connectivity index (χ3v) is 5.29. The van der Waals surface area contributed by atoms with Crippen LogP contribution < -0.4 is 0 Å². The van der Waals surface area contributed by atoms with E-state index in [9.17, 15) is 14.0 Å². The van der Waals surface area contributed by atoms with Crippen LogP contribution in [0, 0.1) is 12.7 Å². The molecule has 0 N–H and O–H groups in total. The number of hydrogen-bond donors (Lipinski definition) is 0. The zero-order valence-corrected chi connectivity index (χ0v) is 16.8. The van der Waals surface area contributed by atoms with Crippen LogP contribution in [0.1, 0.15) is 23.2 Å². The van der Waals surface area contributed by atoms with E-state index in [1.165, 1.54) is 18.2 Å². The van der Waals surface area contributed by atoms with Gasteiger partial charge in [-0.1, -0.05) is 24.3 Å². The van der Waals surface area contributed by atoms with Gasteiger partial charge in [-0.3, -0.25) is 9.59 Å². The lowest BCUT2D eigenvalue weighted by atomic mass is 10.2. The lowest BCUT2D eigenvalue weighted by molar-refractivity contribution is -0.131. The zero-order chi connectivity index (χ0) is 21.1. The van der Waals surface area contributed by atoms with E-state index in [0.717, 1.165) is 16.9 Å². The topological polar surface area (TPSA) is 57.9 Å². The van der Waals surface area contributed by atoms with Crippen molar-refractivity contribution in [1.29, 1.82) is 0 Å². The summed E-state index contributed by atoms with van der Waals surface area (Å²) >= 11 is 0. The fraction of sp³-hybridized carbons (Fsp3) is 0.261. The van der Waals surface area contributed by atoms with Gasteiger partial charge in [-0.2, -0.15) is 0 Å². The highest BCUT2D eigenvalue weighted by molar-refractivity contribution is 5.92. The van der Waals surface area contributed by atoms with E-state index in [-0.39, 0.29) is 24.1 Å². The molecule has 4 rings (SSSR count). The van der Waals surface area contributed by atoms with E-state index in [2.05, 4.69) is 4.98 Å². The number of halogens is 1. The molecule has 3 heterocycles. The molecule has 6 nitrogen and oxygen atoms in total. The van der Waals surface area contributed by atoms with Gasteiger partial charge in [0.1, 0.15) is 11.5 Å². The highest BCUT2D eigenvalue weighted by Gasteiger charge is 2.23. The third kappa shape index (κ3) is 4.25. The number of amides is 2. The first kappa shape index (κ1) is 19.8. The summed E-state index contributed by atoms with van der Waals surface area (Å²) in [5.74, 6) is -0.602. The van der Waals surface area contributed by atoms with Gasteiger partial charge in [0.2, 0.25) is 11.8 Å². The molecule has 0 spiro atoms. The Morgan fingerprint density at radius 1 is 1.17 bits per heavy atom. The van der Waals surface area contributed by atoms with Crippen molar-refractivity contribution < 1.29 is 14.0 Å². The minimum atomic E-state index is -0.374. The number of fused-ring (bicyclic) bond motifs is 1. The number of carbonyl (C=O) groups is 2. The second-order valence-electron chi connectivity index (χ2n) is 7.40. The van der Waals surface area contributed by atoms with Crippen LogP contribution in [-0.4, -0.2) is 50.6 Å². The third-order valence-electron chi connectivity index (χ3n) is 5.29. The Balaban J connectivity index is 1.41. The normalized spacial score (nSPS) is 15.2. The number of hydrogen-bond acceptors (Lipinski definition) is 3. The van der Waals surface area contributed by atoms with Crippen molar-refractivity contribution in [3.05, 3.63) is 77.5 Å². The van der Waals surface area contributed by atoms with Crippen molar-refractivity contribution in [3.63, 3.8) is 0 Å². The van der Waals surface area contributed by atoms with Crippen LogP contribution in [0.25, 0.3) is 11.7 Å². The number of pyridine rings is 1. The van der Waals surface area contributed by atoms with Gasteiger partial charge in [-0.15, -0.1) is 0 Å². The van der Waals surface area contributed by atoms with Crippen LogP contribution in [-0.2, 0) is 16.1 Å². The summed E-state index contributed by atoms with van der Waals surface area (Å²) in [5, 5.41) is 0. The zero-order valence-electron chi connectivity index (χ0n) is 16.8. The monoisotopic (exact) mass is 406 g/mol. The fourth-order valence-electron chi connectivity index (χ4n) is 3.61. The molecule has 30 heavy (non-hydrogen) atoms. The van der Waals surface area contributed by atoms with Crippen molar-refractivity contribution in [2.24, 2.45) is 0 Å². The van der Waals surface area contributed by atoms with E-state index in [4.69, 9.17) is 0 Å². The van der Waals surface area contributed by atoms with Gasteiger partial charge in [-0.05, 0) is 30.7 Å². The molecular formula is C23H23FN4O2. The van der Waals surface area contributed by atoms with Crippen LogP contribution >= 0.6 is 0 Å². The highest BCUT2D eigenvalue weighted by Crippen LogP contribution is 2.14. The second-order valence-corrected chi connectivity index (χ2v) is 7.40. The van der Waals surface area contributed by atoms with Crippen molar-refractivity contribution in [1.82, 2.24) is 19.2 Å². The van der Waals surface area contributed by atoms with E-state index in [1.54, 1.807) is 28.0 Å². The van der Waals surface area contributed by atoms with E-state index < -0.39 is 0 Å². The van der Waals surface area contributed by atoms with Gasteiger partial charge in [-0.25, -0.2) is 9.37 Å². The van der Waals surface area contributed by atoms with Crippen LogP contribution in [0.15, 0.2) is 54.9 Å². The van der Waals surface area contributed by atoms with Gasteiger partial charge < -0.3 is 14.2 Å². The average Bonchev–Trinajstić information content (AvgIpc) is 3.07. The molecule has 2 amide bonds. The predicted molar refractivity (Wildman–Crippen MR) is 112 cm³/mol. The Morgan fingerprint density at radius 3 is 2.80 bits per heavy atom. The molecule has 0 saturated carbocycles. The molecule has 7 heteroatoms. The lowest BCUT2D eigenvalue weighted by Gasteiger charge is -2.20. The molecule has 154 valence electrons. The standard InChI is InChI=1S/C23H23FN4O2/c1-17-5-4-11-28-16-19(25-23(17)28)15-27-14-13-26(12-10-22(27)30)21(29)9-8-18-6-2-3-7-20(18)24/h2-9,11,16H,10,12-15H2,1H3. The van der Waals surface area contributed by atoms with E-state index >= 15 is 0 Å². The summed E-state index contributed by atoms with van der Waals surface area (Å²) < 4.78 is 15.7. The number of aromatic nitrogens is 2. The minimum absolute atomic E-state index is 0.00263. The molecule has 0 radical (unpaired) electrons. The summed E-state index contributed by atoms with van der Waals surface area (Å²) in [6.45, 7) is 3.62. The van der Waals surface area contributed by atoms with Crippen molar-refractivity contribution in [2.45, 2.75) is 19.9 Å². The van der Waals surface area contributed by atoms with Gasteiger partial charge in [0, 0.05) is 50.1 Å². The molecule has 1 aromatic carbocycles. The molecule has 1 saturated heterocycles. The van der Waals surface area contributed by atoms with Crippen molar-refractivity contribution in [2.75, 3.05) is 19.6 Å². The Morgan fingerprint density at radius 2 is 2.00 bits per heavy atom. The first-order valence-electron chi connectivity index (χ1n) is 9.94. The molecule has 0 atom stereocenters. The Labute approximate surface area is 174 Å². The summed E-state index contributed by atoms with van der Waals surface area (Å²) in [7, 11) is 0. The smallest absolute Gasteiger partial charge is 0.246 e.